The summed E-state index contributed by atoms with van der Waals surface area (Å²) in [6.45, 7) is 4.72. The van der Waals surface area contributed by atoms with Crippen molar-refractivity contribution >= 4 is 22.7 Å². The van der Waals surface area contributed by atoms with E-state index in [2.05, 4.69) is 14.9 Å². The number of hydrogen-bond acceptors (Lipinski definition) is 6. The average molecular weight is 366 g/mol. The summed E-state index contributed by atoms with van der Waals surface area (Å²) in [7, 11) is 1.65. The highest BCUT2D eigenvalue weighted by atomic mass is 16.5. The molecule has 27 heavy (non-hydrogen) atoms. The van der Waals surface area contributed by atoms with Crippen LogP contribution in [0, 0.1) is 0 Å². The fourth-order valence-electron chi connectivity index (χ4n) is 3.43. The molecule has 0 atom stereocenters. The second-order valence-electron chi connectivity index (χ2n) is 6.47. The minimum absolute atomic E-state index is 0.0165. The van der Waals surface area contributed by atoms with Crippen LogP contribution in [0.2, 0.25) is 0 Å². The Labute approximate surface area is 157 Å². The molecule has 0 unspecified atom stereocenters. The monoisotopic (exact) mass is 366 g/mol. The van der Waals surface area contributed by atoms with Crippen LogP contribution < -0.4 is 9.64 Å². The summed E-state index contributed by atoms with van der Waals surface area (Å²) in [5.41, 5.74) is 2.84. The number of methoxy groups -OCH3 is 1. The maximum Gasteiger partial charge on any atom is 0.257 e. The van der Waals surface area contributed by atoms with Crippen LogP contribution in [0.15, 0.2) is 41.2 Å². The first-order valence-electron chi connectivity index (χ1n) is 9.11. The molecule has 7 nitrogen and oxygen atoms in total. The van der Waals surface area contributed by atoms with Gasteiger partial charge in [-0.1, -0.05) is 6.92 Å². The molecule has 3 aromatic heterocycles. The number of ether oxygens (including phenoxy) is 1. The number of carbonyl (C=O) groups excluding carboxylic acids is 1. The van der Waals surface area contributed by atoms with E-state index in [9.17, 15) is 4.79 Å². The van der Waals surface area contributed by atoms with Crippen molar-refractivity contribution in [2.45, 2.75) is 13.3 Å². The molecule has 1 saturated heterocycles. The summed E-state index contributed by atoms with van der Waals surface area (Å²) >= 11 is 0. The van der Waals surface area contributed by atoms with Crippen molar-refractivity contribution in [2.24, 2.45) is 0 Å². The Hall–Kier alpha value is -3.09. The lowest BCUT2D eigenvalue weighted by Crippen LogP contribution is -2.49. The van der Waals surface area contributed by atoms with E-state index in [0.717, 1.165) is 42.2 Å². The third-order valence-electron chi connectivity index (χ3n) is 4.93. The lowest BCUT2D eigenvalue weighted by Gasteiger charge is -2.36. The third-order valence-corrected chi connectivity index (χ3v) is 4.93. The molecule has 0 N–H and O–H groups in total. The molecule has 4 heterocycles. The molecule has 1 fully saturated rings. The van der Waals surface area contributed by atoms with Gasteiger partial charge in [0.15, 0.2) is 5.58 Å². The zero-order chi connectivity index (χ0) is 18.8. The minimum Gasteiger partial charge on any atom is -0.494 e. The van der Waals surface area contributed by atoms with Crippen LogP contribution in [0.4, 0.5) is 5.69 Å². The van der Waals surface area contributed by atoms with Gasteiger partial charge in [0, 0.05) is 57.1 Å². The third kappa shape index (κ3) is 3.20. The average Bonchev–Trinajstić information content (AvgIpc) is 3.17. The molecule has 0 saturated carbocycles. The van der Waals surface area contributed by atoms with E-state index in [1.165, 1.54) is 0 Å². The molecule has 0 aliphatic carbocycles. The summed E-state index contributed by atoms with van der Waals surface area (Å²) < 4.78 is 11.3. The van der Waals surface area contributed by atoms with Crippen molar-refractivity contribution in [3.8, 4) is 5.75 Å². The van der Waals surface area contributed by atoms with Crippen LogP contribution >= 0.6 is 0 Å². The van der Waals surface area contributed by atoms with Gasteiger partial charge < -0.3 is 19.0 Å². The molecule has 1 amide bonds. The summed E-state index contributed by atoms with van der Waals surface area (Å²) in [5.74, 6) is 1.62. The van der Waals surface area contributed by atoms with Gasteiger partial charge in [0.2, 0.25) is 0 Å². The lowest BCUT2D eigenvalue weighted by molar-refractivity contribution is 0.0747. The molecule has 140 valence electrons. The van der Waals surface area contributed by atoms with Crippen LogP contribution in [0.25, 0.3) is 11.1 Å². The molecule has 1 aliphatic rings. The summed E-state index contributed by atoms with van der Waals surface area (Å²) in [6, 6.07) is 5.49. The standard InChI is InChI=1S/C20H22N4O3/c1-3-14-12-16-19(27-14)15(4-7-22-16)20(25)24-10-8-23(9-11-24)17-13-21-6-5-18(17)26-2/h4-7,12-13H,3,8-11H2,1-2H3. The van der Waals surface area contributed by atoms with Crippen LogP contribution in [-0.2, 0) is 6.42 Å². The second-order valence-corrected chi connectivity index (χ2v) is 6.47. The van der Waals surface area contributed by atoms with E-state index < -0.39 is 0 Å². The molecule has 1 aliphatic heterocycles. The van der Waals surface area contributed by atoms with Gasteiger partial charge in [0.25, 0.3) is 5.91 Å². The molecule has 0 bridgehead atoms. The fourth-order valence-corrected chi connectivity index (χ4v) is 3.43. The summed E-state index contributed by atoms with van der Waals surface area (Å²) in [5, 5.41) is 0. The molecular formula is C20H22N4O3. The van der Waals surface area contributed by atoms with Gasteiger partial charge >= 0.3 is 0 Å². The number of anilines is 1. The van der Waals surface area contributed by atoms with Gasteiger partial charge in [0.05, 0.1) is 24.6 Å². The van der Waals surface area contributed by atoms with Crippen molar-refractivity contribution in [1.29, 1.82) is 0 Å². The Bertz CT molecular complexity index is 961. The van der Waals surface area contributed by atoms with Gasteiger partial charge in [0.1, 0.15) is 17.0 Å². The largest absolute Gasteiger partial charge is 0.494 e. The molecule has 7 heteroatoms. The maximum atomic E-state index is 13.1. The Balaban J connectivity index is 1.52. The number of pyridine rings is 2. The highest BCUT2D eigenvalue weighted by Crippen LogP contribution is 2.28. The van der Waals surface area contributed by atoms with E-state index in [0.29, 0.717) is 24.2 Å². The second kappa shape index (κ2) is 7.26. The Kier molecular flexibility index (Phi) is 4.66. The number of piperazine rings is 1. The lowest BCUT2D eigenvalue weighted by atomic mass is 10.1. The van der Waals surface area contributed by atoms with Gasteiger partial charge in [-0.15, -0.1) is 0 Å². The SMILES string of the molecule is CCc1cc2nccc(C(=O)N3CCN(c4cnccc4OC)CC3)c2o1. The number of amides is 1. The Morgan fingerprint density at radius 2 is 2.04 bits per heavy atom. The topological polar surface area (TPSA) is 71.7 Å². The van der Waals surface area contributed by atoms with Crippen molar-refractivity contribution in [1.82, 2.24) is 14.9 Å². The maximum absolute atomic E-state index is 13.1. The van der Waals surface area contributed by atoms with Crippen molar-refractivity contribution in [2.75, 3.05) is 38.2 Å². The zero-order valence-corrected chi connectivity index (χ0v) is 15.5. The minimum atomic E-state index is -0.0165. The van der Waals surface area contributed by atoms with E-state index in [1.54, 1.807) is 31.8 Å². The van der Waals surface area contributed by atoms with E-state index in [1.807, 2.05) is 24.0 Å². The predicted molar refractivity (Wildman–Crippen MR) is 102 cm³/mol. The van der Waals surface area contributed by atoms with Crippen LogP contribution in [0.3, 0.4) is 0 Å². The van der Waals surface area contributed by atoms with E-state index in [4.69, 9.17) is 9.15 Å². The number of hydrogen-bond donors (Lipinski definition) is 0. The number of aryl methyl sites for hydroxylation is 1. The predicted octanol–water partition coefficient (Wildman–Crippen LogP) is 2.76. The number of fused-ring (bicyclic) bond motifs is 1. The van der Waals surface area contributed by atoms with Crippen LogP contribution in [0.5, 0.6) is 5.75 Å². The van der Waals surface area contributed by atoms with Gasteiger partial charge in [-0.2, -0.15) is 0 Å². The number of nitrogens with zero attached hydrogens (tertiary/aromatic N) is 4. The number of aromatic nitrogens is 2. The molecule has 0 spiro atoms. The van der Waals surface area contributed by atoms with Crippen LogP contribution in [-0.4, -0.2) is 54.1 Å². The Morgan fingerprint density at radius 1 is 1.22 bits per heavy atom. The quantitative estimate of drug-likeness (QED) is 0.707. The molecule has 3 aromatic rings. The van der Waals surface area contributed by atoms with E-state index >= 15 is 0 Å². The highest BCUT2D eigenvalue weighted by Gasteiger charge is 2.26. The smallest absolute Gasteiger partial charge is 0.257 e. The molecular weight excluding hydrogens is 344 g/mol. The first-order chi connectivity index (χ1) is 13.2. The van der Waals surface area contributed by atoms with Gasteiger partial charge in [-0.25, -0.2) is 0 Å². The van der Waals surface area contributed by atoms with Crippen molar-refractivity contribution < 1.29 is 13.9 Å². The van der Waals surface area contributed by atoms with Crippen LogP contribution in [0.1, 0.15) is 23.0 Å². The van der Waals surface area contributed by atoms with Crippen molar-refractivity contribution in [3.05, 3.63) is 48.1 Å². The number of rotatable bonds is 4. The zero-order valence-electron chi connectivity index (χ0n) is 15.5. The Morgan fingerprint density at radius 3 is 2.78 bits per heavy atom. The fraction of sp³-hybridized carbons (Fsp3) is 0.350. The number of furan rings is 1. The number of carbonyl (C=O) groups is 1. The molecule has 4 rings (SSSR count). The normalized spacial score (nSPS) is 14.6. The first kappa shape index (κ1) is 17.3. The highest BCUT2D eigenvalue weighted by molar-refractivity contribution is 6.04. The molecule has 0 aromatic carbocycles. The van der Waals surface area contributed by atoms with Crippen molar-refractivity contribution in [3.63, 3.8) is 0 Å². The summed E-state index contributed by atoms with van der Waals surface area (Å²) in [4.78, 5) is 25.6. The summed E-state index contributed by atoms with van der Waals surface area (Å²) in [6.07, 6.45) is 5.96. The first-order valence-corrected chi connectivity index (χ1v) is 9.11. The molecule has 0 radical (unpaired) electrons. The van der Waals surface area contributed by atoms with Gasteiger partial charge in [-0.05, 0) is 6.07 Å². The van der Waals surface area contributed by atoms with E-state index in [-0.39, 0.29) is 5.91 Å². The van der Waals surface area contributed by atoms with Gasteiger partial charge in [-0.3, -0.25) is 14.8 Å².